The highest BCUT2D eigenvalue weighted by atomic mass is 16.5. The number of carboxylic acid groups (broad SMARTS) is 1. The van der Waals surface area contributed by atoms with Crippen LogP contribution < -0.4 is 9.47 Å². The summed E-state index contributed by atoms with van der Waals surface area (Å²) < 4.78 is 11.1. The van der Waals surface area contributed by atoms with E-state index in [2.05, 4.69) is 60.6 Å². The number of carboxylic acids is 1. The van der Waals surface area contributed by atoms with Crippen LogP contribution in [0.1, 0.15) is 92.7 Å². The number of hydrogen-bond acceptors (Lipinski definition) is 3. The lowest BCUT2D eigenvalue weighted by Gasteiger charge is -2.21. The van der Waals surface area contributed by atoms with Gasteiger partial charge < -0.3 is 14.6 Å². The van der Waals surface area contributed by atoms with Crippen molar-refractivity contribution in [3.63, 3.8) is 0 Å². The van der Waals surface area contributed by atoms with Gasteiger partial charge in [0, 0.05) is 0 Å². The van der Waals surface area contributed by atoms with E-state index in [0.717, 1.165) is 5.75 Å². The molecule has 0 spiro atoms. The average molecular weight is 431 g/mol. The number of benzene rings is 2. The summed E-state index contributed by atoms with van der Waals surface area (Å²) in [6.45, 7) is 17.8. The Bertz CT molecular complexity index is 779. The zero-order valence-corrected chi connectivity index (χ0v) is 19.9. The third-order valence-corrected chi connectivity index (χ3v) is 4.41. The third-order valence-electron chi connectivity index (χ3n) is 4.41. The molecule has 0 aliphatic carbocycles. The van der Waals surface area contributed by atoms with Crippen LogP contribution in [0, 0.1) is 0 Å². The zero-order chi connectivity index (χ0) is 23.1. The van der Waals surface area contributed by atoms with E-state index in [0.29, 0.717) is 17.6 Å². The van der Waals surface area contributed by atoms with E-state index < -0.39 is 11.6 Å². The van der Waals surface area contributed by atoms with Gasteiger partial charge in [-0.3, -0.25) is 0 Å². The largest absolute Gasteiger partial charge is 0.488 e. The molecule has 31 heavy (non-hydrogen) atoms. The van der Waals surface area contributed by atoms with Crippen LogP contribution in [0.15, 0.2) is 48.5 Å². The maximum absolute atomic E-state index is 10.9. The Kier molecular flexibility index (Phi) is 10.8. The number of rotatable bonds is 6. The number of ether oxygens (including phenoxy) is 2. The molecule has 4 nitrogen and oxygen atoms in total. The van der Waals surface area contributed by atoms with Crippen LogP contribution in [0.3, 0.4) is 0 Å². The van der Waals surface area contributed by atoms with E-state index >= 15 is 0 Å². The van der Waals surface area contributed by atoms with E-state index in [4.69, 9.17) is 14.6 Å². The second-order valence-electron chi connectivity index (χ2n) is 9.58. The van der Waals surface area contributed by atoms with Crippen LogP contribution in [0.5, 0.6) is 11.5 Å². The fourth-order valence-electron chi connectivity index (χ4n) is 2.53. The topological polar surface area (TPSA) is 55.8 Å². The molecule has 2 aromatic rings. The van der Waals surface area contributed by atoms with Gasteiger partial charge in [0.2, 0.25) is 0 Å². The van der Waals surface area contributed by atoms with Gasteiger partial charge in [0.25, 0.3) is 0 Å². The van der Waals surface area contributed by atoms with Crippen LogP contribution in [0.2, 0.25) is 0 Å². The van der Waals surface area contributed by atoms with Gasteiger partial charge in [-0.15, -0.1) is 0 Å². The van der Waals surface area contributed by atoms with Gasteiger partial charge in [-0.1, -0.05) is 59.4 Å². The van der Waals surface area contributed by atoms with Crippen LogP contribution in [0.25, 0.3) is 0 Å². The average Bonchev–Trinajstić information content (AvgIpc) is 2.61. The van der Waals surface area contributed by atoms with E-state index in [-0.39, 0.29) is 13.0 Å². The lowest BCUT2D eigenvalue weighted by Crippen LogP contribution is -2.37. The van der Waals surface area contributed by atoms with Gasteiger partial charge in [0.05, 0.1) is 0 Å². The van der Waals surface area contributed by atoms with Gasteiger partial charge in [-0.05, 0) is 81.8 Å². The van der Waals surface area contributed by atoms with E-state index in [1.165, 1.54) is 25.0 Å². The van der Waals surface area contributed by atoms with Crippen LogP contribution in [-0.4, -0.2) is 22.3 Å². The third kappa shape index (κ3) is 10.4. The summed E-state index contributed by atoms with van der Waals surface area (Å²) in [6, 6.07) is 15.9. The SMILES string of the molecule is C.CC(C)c1ccc(OC(C)(C)C(=O)O)cc1.CC(C)c1ccc(OC(C)(C)C)cc1. The minimum absolute atomic E-state index is 0. The van der Waals surface area contributed by atoms with Crippen molar-refractivity contribution in [2.24, 2.45) is 0 Å². The summed E-state index contributed by atoms with van der Waals surface area (Å²) in [4.78, 5) is 10.9. The molecule has 4 heteroatoms. The standard InChI is InChI=1S/C13H18O3.C13H20O.CH4/c1-9(2)10-5-7-11(8-6-10)16-13(3,4)12(14)15;1-10(2)11-6-8-12(9-7-11)14-13(3,4)5;/h5-9H,1-4H3,(H,14,15);6-10H,1-5H3;1H4. The van der Waals surface area contributed by atoms with Gasteiger partial charge in [0.1, 0.15) is 17.1 Å². The lowest BCUT2D eigenvalue weighted by atomic mass is 10.0. The van der Waals surface area contributed by atoms with Crippen molar-refractivity contribution in [3.05, 3.63) is 59.7 Å². The molecule has 0 aromatic heterocycles. The zero-order valence-electron chi connectivity index (χ0n) is 19.9. The number of hydrogen-bond donors (Lipinski definition) is 1. The first-order chi connectivity index (χ1) is 13.7. The summed E-state index contributed by atoms with van der Waals surface area (Å²) in [5, 5.41) is 8.92. The van der Waals surface area contributed by atoms with Crippen LogP contribution in [0.4, 0.5) is 0 Å². The Morgan fingerprint density at radius 3 is 1.29 bits per heavy atom. The minimum Gasteiger partial charge on any atom is -0.488 e. The van der Waals surface area contributed by atoms with Gasteiger partial charge in [0.15, 0.2) is 5.60 Å². The molecular weight excluding hydrogens is 388 g/mol. The van der Waals surface area contributed by atoms with Crippen molar-refractivity contribution in [3.8, 4) is 11.5 Å². The Balaban J connectivity index is 0.000000567. The Morgan fingerprint density at radius 1 is 0.710 bits per heavy atom. The maximum atomic E-state index is 10.9. The maximum Gasteiger partial charge on any atom is 0.347 e. The normalized spacial score (nSPS) is 11.3. The van der Waals surface area contributed by atoms with Crippen molar-refractivity contribution in [1.29, 1.82) is 0 Å². The highest BCUT2D eigenvalue weighted by molar-refractivity contribution is 5.76. The van der Waals surface area contributed by atoms with Gasteiger partial charge >= 0.3 is 5.97 Å². The van der Waals surface area contributed by atoms with Crippen molar-refractivity contribution < 1.29 is 19.4 Å². The quantitative estimate of drug-likeness (QED) is 0.510. The Labute approximate surface area is 189 Å². The monoisotopic (exact) mass is 430 g/mol. The fraction of sp³-hybridized carbons (Fsp3) is 0.519. The molecule has 0 radical (unpaired) electrons. The molecule has 0 aliphatic heterocycles. The second-order valence-corrected chi connectivity index (χ2v) is 9.58. The summed E-state index contributed by atoms with van der Waals surface area (Å²) >= 11 is 0. The highest BCUT2D eigenvalue weighted by Gasteiger charge is 2.29. The highest BCUT2D eigenvalue weighted by Crippen LogP contribution is 2.23. The molecule has 0 saturated carbocycles. The Morgan fingerprint density at radius 2 is 1.03 bits per heavy atom. The van der Waals surface area contributed by atoms with Crippen molar-refractivity contribution in [2.45, 2.75) is 92.8 Å². The molecule has 0 bridgehead atoms. The summed E-state index contributed by atoms with van der Waals surface area (Å²) in [6.07, 6.45) is 0. The first-order valence-electron chi connectivity index (χ1n) is 10.5. The molecule has 0 fully saturated rings. The van der Waals surface area contributed by atoms with E-state index in [9.17, 15) is 4.79 Å². The molecule has 2 rings (SSSR count). The molecule has 174 valence electrons. The lowest BCUT2D eigenvalue weighted by molar-refractivity contribution is -0.152. The van der Waals surface area contributed by atoms with Crippen molar-refractivity contribution >= 4 is 5.97 Å². The fourth-order valence-corrected chi connectivity index (χ4v) is 2.53. The predicted octanol–water partition coefficient (Wildman–Crippen LogP) is 7.68. The minimum atomic E-state index is -1.20. The first-order valence-corrected chi connectivity index (χ1v) is 10.5. The van der Waals surface area contributed by atoms with Crippen molar-refractivity contribution in [1.82, 2.24) is 0 Å². The van der Waals surface area contributed by atoms with Gasteiger partial charge in [-0.2, -0.15) is 0 Å². The number of carbonyl (C=O) groups is 1. The second kappa shape index (κ2) is 11.8. The predicted molar refractivity (Wildman–Crippen MR) is 131 cm³/mol. The molecule has 0 heterocycles. The van der Waals surface area contributed by atoms with E-state index in [1.807, 2.05) is 24.3 Å². The number of aliphatic carboxylic acids is 1. The molecule has 0 aliphatic rings. The Hall–Kier alpha value is -2.49. The van der Waals surface area contributed by atoms with Crippen LogP contribution in [-0.2, 0) is 4.79 Å². The molecule has 0 saturated heterocycles. The van der Waals surface area contributed by atoms with Crippen LogP contribution >= 0.6 is 0 Å². The van der Waals surface area contributed by atoms with E-state index in [1.54, 1.807) is 12.1 Å². The molecule has 1 N–H and O–H groups in total. The summed E-state index contributed by atoms with van der Waals surface area (Å²) in [7, 11) is 0. The molecular formula is C27H42O4. The first kappa shape index (κ1) is 28.5. The molecule has 0 amide bonds. The molecule has 2 aromatic carbocycles. The summed E-state index contributed by atoms with van der Waals surface area (Å²) in [5.74, 6) is 1.60. The van der Waals surface area contributed by atoms with Gasteiger partial charge in [-0.25, -0.2) is 4.79 Å². The summed E-state index contributed by atoms with van der Waals surface area (Å²) in [5.41, 5.74) is 1.25. The molecule has 0 unspecified atom stereocenters. The van der Waals surface area contributed by atoms with Crippen molar-refractivity contribution in [2.75, 3.05) is 0 Å². The molecule has 0 atom stereocenters. The smallest absolute Gasteiger partial charge is 0.347 e.